The van der Waals surface area contributed by atoms with Crippen LogP contribution in [0.4, 0.5) is 4.39 Å². The zero-order valence-electron chi connectivity index (χ0n) is 13.2. The monoisotopic (exact) mass is 368 g/mol. The number of hydrogen-bond donors (Lipinski definition) is 2. The van der Waals surface area contributed by atoms with Crippen molar-refractivity contribution in [2.75, 3.05) is 13.1 Å². The first-order valence-electron chi connectivity index (χ1n) is 7.58. The van der Waals surface area contributed by atoms with Gasteiger partial charge in [0.2, 0.25) is 5.91 Å². The van der Waals surface area contributed by atoms with Gasteiger partial charge >= 0.3 is 0 Å². The third-order valence-electron chi connectivity index (χ3n) is 4.17. The predicted octanol–water partition coefficient (Wildman–Crippen LogP) is 3.63. The summed E-state index contributed by atoms with van der Waals surface area (Å²) in [7, 11) is 0. The van der Waals surface area contributed by atoms with Crippen LogP contribution in [-0.2, 0) is 4.79 Å². The smallest absolute Gasteiger partial charge is 0.226 e. The quantitative estimate of drug-likeness (QED) is 0.864. The summed E-state index contributed by atoms with van der Waals surface area (Å²) >= 11 is 6.31. The van der Waals surface area contributed by atoms with Crippen molar-refractivity contribution in [3.05, 3.63) is 70.0 Å². The molecule has 1 unspecified atom stereocenters. The van der Waals surface area contributed by atoms with E-state index in [-0.39, 0.29) is 30.0 Å². The largest absolute Gasteiger partial charge is 0.345 e. The lowest BCUT2D eigenvalue weighted by atomic mass is 9.95. The summed E-state index contributed by atoms with van der Waals surface area (Å²) in [5, 5.41) is 6.72. The van der Waals surface area contributed by atoms with Crippen LogP contribution in [0.3, 0.4) is 0 Å². The molecule has 2 N–H and O–H groups in total. The molecule has 3 rings (SSSR count). The fraction of sp³-hybridized carbons (Fsp3) is 0.278. The van der Waals surface area contributed by atoms with E-state index in [4.69, 9.17) is 11.6 Å². The molecule has 128 valence electrons. The Hall–Kier alpha value is -1.62. The van der Waals surface area contributed by atoms with Gasteiger partial charge in [-0.2, -0.15) is 0 Å². The van der Waals surface area contributed by atoms with E-state index in [2.05, 4.69) is 10.6 Å². The molecule has 1 saturated heterocycles. The van der Waals surface area contributed by atoms with Gasteiger partial charge in [-0.15, -0.1) is 12.4 Å². The number of amides is 1. The molecule has 1 fully saturated rings. The van der Waals surface area contributed by atoms with Gasteiger partial charge in [0.25, 0.3) is 0 Å². The van der Waals surface area contributed by atoms with Crippen LogP contribution in [0.5, 0.6) is 0 Å². The number of aryl methyl sites for hydroxylation is 1. The summed E-state index contributed by atoms with van der Waals surface area (Å²) in [4.78, 5) is 12.4. The number of hydrogen-bond acceptors (Lipinski definition) is 2. The number of nitrogens with one attached hydrogen (secondary N) is 2. The predicted molar refractivity (Wildman–Crippen MR) is 96.2 cm³/mol. The normalized spacial score (nSPS) is 15.1. The lowest BCUT2D eigenvalue weighted by molar-refractivity contribution is -0.126. The molecule has 0 spiro atoms. The average Bonchev–Trinajstić information content (AvgIpc) is 2.47. The Morgan fingerprint density at radius 2 is 2.00 bits per heavy atom. The Balaban J connectivity index is 0.00000208. The zero-order chi connectivity index (χ0) is 16.4. The van der Waals surface area contributed by atoms with Crippen LogP contribution in [0, 0.1) is 18.7 Å². The summed E-state index contributed by atoms with van der Waals surface area (Å²) in [5.74, 6) is -0.307. The van der Waals surface area contributed by atoms with Gasteiger partial charge in [-0.1, -0.05) is 41.9 Å². The first-order valence-corrected chi connectivity index (χ1v) is 7.95. The van der Waals surface area contributed by atoms with Crippen LogP contribution in [0.15, 0.2) is 42.5 Å². The summed E-state index contributed by atoms with van der Waals surface area (Å²) in [6.45, 7) is 3.08. The Morgan fingerprint density at radius 1 is 1.29 bits per heavy atom. The fourth-order valence-corrected chi connectivity index (χ4v) is 2.88. The summed E-state index contributed by atoms with van der Waals surface area (Å²) < 4.78 is 13.6. The average molecular weight is 369 g/mol. The summed E-state index contributed by atoms with van der Waals surface area (Å²) in [5.41, 5.74) is 2.16. The topological polar surface area (TPSA) is 41.1 Å². The minimum Gasteiger partial charge on any atom is -0.345 e. The standard InChI is InChI=1S/C18H18ClFN2O.ClH/c1-11-8-12(6-7-16(11)20)17(14-4-2-3-5-15(14)19)22-18(23)13-9-21-10-13;/h2-8,13,17,21H,9-10H2,1H3,(H,22,23);1H. The van der Waals surface area contributed by atoms with Crippen LogP contribution >= 0.6 is 24.0 Å². The van der Waals surface area contributed by atoms with Crippen molar-refractivity contribution in [1.29, 1.82) is 0 Å². The molecule has 1 aliphatic heterocycles. The number of benzene rings is 2. The molecule has 1 amide bonds. The Kier molecular flexibility index (Phi) is 6.21. The first-order chi connectivity index (χ1) is 11.1. The number of carbonyl (C=O) groups excluding carboxylic acids is 1. The first kappa shape index (κ1) is 18.7. The molecule has 6 heteroatoms. The van der Waals surface area contributed by atoms with Crippen LogP contribution in [0.2, 0.25) is 5.02 Å². The summed E-state index contributed by atoms with van der Waals surface area (Å²) in [6, 6.07) is 11.9. The van der Waals surface area contributed by atoms with Crippen molar-refractivity contribution in [3.8, 4) is 0 Å². The number of carbonyl (C=O) groups is 1. The van der Waals surface area contributed by atoms with Crippen molar-refractivity contribution in [3.63, 3.8) is 0 Å². The Labute approximate surface area is 152 Å². The van der Waals surface area contributed by atoms with Crippen molar-refractivity contribution >= 4 is 29.9 Å². The SMILES string of the molecule is Cc1cc(C(NC(=O)C2CNC2)c2ccccc2Cl)ccc1F.Cl. The minimum atomic E-state index is -0.393. The van der Waals surface area contributed by atoms with Crippen LogP contribution in [-0.4, -0.2) is 19.0 Å². The molecular weight excluding hydrogens is 350 g/mol. The Morgan fingerprint density at radius 3 is 2.58 bits per heavy atom. The third kappa shape index (κ3) is 3.89. The van der Waals surface area contributed by atoms with E-state index >= 15 is 0 Å². The van der Waals surface area contributed by atoms with E-state index < -0.39 is 6.04 Å². The maximum absolute atomic E-state index is 13.6. The van der Waals surface area contributed by atoms with Gasteiger partial charge in [0.15, 0.2) is 0 Å². The van der Waals surface area contributed by atoms with Crippen molar-refractivity contribution in [2.24, 2.45) is 5.92 Å². The van der Waals surface area contributed by atoms with E-state index in [1.165, 1.54) is 6.07 Å². The van der Waals surface area contributed by atoms with Gasteiger partial charge in [-0.3, -0.25) is 4.79 Å². The van der Waals surface area contributed by atoms with Crippen LogP contribution < -0.4 is 10.6 Å². The zero-order valence-corrected chi connectivity index (χ0v) is 14.8. The number of rotatable bonds is 4. The van der Waals surface area contributed by atoms with E-state index in [0.29, 0.717) is 23.7 Å². The van der Waals surface area contributed by atoms with Crippen LogP contribution in [0.1, 0.15) is 22.7 Å². The number of halogens is 3. The molecule has 0 aromatic heterocycles. The highest BCUT2D eigenvalue weighted by molar-refractivity contribution is 6.31. The molecule has 3 nitrogen and oxygen atoms in total. The van der Waals surface area contributed by atoms with E-state index in [1.807, 2.05) is 18.2 Å². The maximum atomic E-state index is 13.6. The van der Waals surface area contributed by atoms with Crippen LogP contribution in [0.25, 0.3) is 0 Å². The fourth-order valence-electron chi connectivity index (χ4n) is 2.63. The highest BCUT2D eigenvalue weighted by Crippen LogP contribution is 2.29. The van der Waals surface area contributed by atoms with Gasteiger partial charge in [-0.05, 0) is 35.7 Å². The summed E-state index contributed by atoms with van der Waals surface area (Å²) in [6.07, 6.45) is 0. The molecule has 2 aromatic rings. The highest BCUT2D eigenvalue weighted by atomic mass is 35.5. The molecule has 0 bridgehead atoms. The highest BCUT2D eigenvalue weighted by Gasteiger charge is 2.28. The lowest BCUT2D eigenvalue weighted by Gasteiger charge is -2.29. The second-order valence-corrected chi connectivity index (χ2v) is 6.23. The van der Waals surface area contributed by atoms with Gasteiger partial charge in [0, 0.05) is 18.1 Å². The minimum absolute atomic E-state index is 0. The lowest BCUT2D eigenvalue weighted by Crippen LogP contribution is -2.51. The molecule has 0 aliphatic carbocycles. The van der Waals surface area contributed by atoms with E-state index in [1.54, 1.807) is 25.1 Å². The second-order valence-electron chi connectivity index (χ2n) is 5.83. The van der Waals surface area contributed by atoms with Crippen molar-refractivity contribution < 1.29 is 9.18 Å². The molecule has 2 aromatic carbocycles. The Bertz CT molecular complexity index is 735. The molecule has 1 aliphatic rings. The molecule has 0 radical (unpaired) electrons. The van der Waals surface area contributed by atoms with Gasteiger partial charge in [-0.25, -0.2) is 4.39 Å². The molecule has 0 saturated carbocycles. The molecular formula is C18H19Cl2FN2O. The molecule has 1 heterocycles. The van der Waals surface area contributed by atoms with E-state index in [9.17, 15) is 9.18 Å². The van der Waals surface area contributed by atoms with Gasteiger partial charge in [0.1, 0.15) is 5.82 Å². The molecule has 24 heavy (non-hydrogen) atoms. The molecule has 1 atom stereocenters. The van der Waals surface area contributed by atoms with Gasteiger partial charge in [0.05, 0.1) is 12.0 Å². The van der Waals surface area contributed by atoms with E-state index in [0.717, 1.165) is 11.1 Å². The van der Waals surface area contributed by atoms with Crippen molar-refractivity contribution in [2.45, 2.75) is 13.0 Å². The third-order valence-corrected chi connectivity index (χ3v) is 4.51. The second kappa shape index (κ2) is 7.97. The maximum Gasteiger partial charge on any atom is 0.226 e. The van der Waals surface area contributed by atoms with Gasteiger partial charge < -0.3 is 10.6 Å². The van der Waals surface area contributed by atoms with Crippen molar-refractivity contribution in [1.82, 2.24) is 10.6 Å².